The zero-order valence-electron chi connectivity index (χ0n) is 19.6. The number of aryl methyl sites for hydroxylation is 1. The molecule has 5 heteroatoms. The van der Waals surface area contributed by atoms with E-state index in [0.717, 1.165) is 16.7 Å². The maximum absolute atomic E-state index is 10.9. The molecule has 0 spiro atoms. The molecule has 0 radical (unpaired) electrons. The lowest BCUT2D eigenvalue weighted by atomic mass is 10.2. The summed E-state index contributed by atoms with van der Waals surface area (Å²) in [5.74, 6) is 1.60. The molecule has 0 bridgehead atoms. The second-order valence-electron chi connectivity index (χ2n) is 8.35. The normalized spacial score (nSPS) is 10.9. The summed E-state index contributed by atoms with van der Waals surface area (Å²) in [6, 6.07) is 31.5. The highest BCUT2D eigenvalue weighted by atomic mass is 16.5. The van der Waals surface area contributed by atoms with Crippen LogP contribution in [-0.4, -0.2) is 9.67 Å². The Kier molecular flexibility index (Phi) is 6.57. The number of hydrogen-bond acceptors (Lipinski definition) is 4. The van der Waals surface area contributed by atoms with Gasteiger partial charge < -0.3 is 23.9 Å². The Morgan fingerprint density at radius 3 is 1.49 bits per heavy atom. The van der Waals surface area contributed by atoms with Gasteiger partial charge in [-0.2, -0.15) is 0 Å². The molecule has 5 rings (SSSR count). The summed E-state index contributed by atoms with van der Waals surface area (Å²) in [7, 11) is 1.92. The van der Waals surface area contributed by atoms with Crippen molar-refractivity contribution < 1.29 is 19.3 Å². The van der Waals surface area contributed by atoms with Crippen LogP contribution < -0.4 is 14.2 Å². The average Bonchev–Trinajstić information content (AvgIpc) is 3.23. The van der Waals surface area contributed by atoms with E-state index >= 15 is 0 Å². The van der Waals surface area contributed by atoms with Crippen molar-refractivity contribution in [3.05, 3.63) is 120 Å². The molecule has 1 aliphatic carbocycles. The third-order valence-electron chi connectivity index (χ3n) is 5.83. The summed E-state index contributed by atoms with van der Waals surface area (Å²) in [5.41, 5.74) is 4.35. The molecular formula is C30H27NO4. The number of ether oxygens (including phenoxy) is 3. The van der Waals surface area contributed by atoms with Gasteiger partial charge >= 0.3 is 0 Å². The molecule has 2 aliphatic rings. The second kappa shape index (κ2) is 10.3. The van der Waals surface area contributed by atoms with Gasteiger partial charge in [-0.3, -0.25) is 0 Å². The largest absolute Gasteiger partial charge is 0.507 e. The molecule has 0 atom stereocenters. The van der Waals surface area contributed by atoms with Crippen LogP contribution in [0.5, 0.6) is 23.0 Å². The highest BCUT2D eigenvalue weighted by Crippen LogP contribution is 2.57. The van der Waals surface area contributed by atoms with Gasteiger partial charge in [0.1, 0.15) is 31.3 Å². The molecule has 176 valence electrons. The third kappa shape index (κ3) is 4.94. The van der Waals surface area contributed by atoms with Crippen LogP contribution in [0.25, 0.3) is 11.3 Å². The number of aromatic hydroxyl groups is 1. The smallest absolute Gasteiger partial charge is 0.207 e. The lowest BCUT2D eigenvalue weighted by molar-refractivity contribution is 0.236. The van der Waals surface area contributed by atoms with Gasteiger partial charge in [0.05, 0.1) is 5.56 Å². The van der Waals surface area contributed by atoms with Crippen molar-refractivity contribution >= 4 is 0 Å². The number of aromatic nitrogens is 1. The van der Waals surface area contributed by atoms with E-state index in [2.05, 4.69) is 0 Å². The lowest BCUT2D eigenvalue weighted by Crippen LogP contribution is -2.02. The predicted octanol–water partition coefficient (Wildman–Crippen LogP) is 6.57. The van der Waals surface area contributed by atoms with E-state index in [0.29, 0.717) is 48.3 Å². The van der Waals surface area contributed by atoms with Crippen molar-refractivity contribution in [3.63, 3.8) is 0 Å². The molecule has 3 aromatic carbocycles. The van der Waals surface area contributed by atoms with Crippen LogP contribution in [0.1, 0.15) is 16.7 Å². The van der Waals surface area contributed by atoms with E-state index in [9.17, 15) is 5.11 Å². The zero-order chi connectivity index (χ0) is 24.0. The van der Waals surface area contributed by atoms with Gasteiger partial charge in [0.15, 0.2) is 11.5 Å². The van der Waals surface area contributed by atoms with E-state index < -0.39 is 0 Å². The van der Waals surface area contributed by atoms with Gasteiger partial charge in [0.2, 0.25) is 5.75 Å². The standard InChI is InChI=1S/C30H27NO4/c1-31-18-17-25(32)26-27(31)29(34-20-23-13-7-3-8-14-23)30(35-21-24-15-9-4-10-16-24)28(26)33-19-22-11-5-2-6-12-22/h2-18,32H,19-21H2,1H3. The summed E-state index contributed by atoms with van der Waals surface area (Å²) >= 11 is 0. The van der Waals surface area contributed by atoms with Crippen LogP contribution in [0, 0.1) is 0 Å². The minimum absolute atomic E-state index is 0.111. The van der Waals surface area contributed by atoms with Crippen LogP contribution >= 0.6 is 0 Å². The van der Waals surface area contributed by atoms with Gasteiger partial charge in [0, 0.05) is 13.2 Å². The van der Waals surface area contributed by atoms with Crippen LogP contribution in [0.15, 0.2) is 103 Å². The molecule has 5 nitrogen and oxygen atoms in total. The van der Waals surface area contributed by atoms with E-state index in [1.165, 1.54) is 0 Å². The Hall–Kier alpha value is -4.38. The number of hydrogen-bond donors (Lipinski definition) is 1. The van der Waals surface area contributed by atoms with Crippen LogP contribution in [0.3, 0.4) is 0 Å². The Balaban J connectivity index is 1.57. The molecule has 1 N–H and O–H groups in total. The molecule has 0 aromatic heterocycles. The Labute approximate surface area is 205 Å². The molecule has 3 aromatic rings. The SMILES string of the molecule is Cn1ccc(O)c2c(OCc3ccccc3)c(OCc3ccccc3)c(OCc3ccccc3)c1-2. The number of fused-ring (bicyclic) bond motifs is 1. The van der Waals surface area contributed by atoms with E-state index in [1.807, 2.05) is 103 Å². The predicted molar refractivity (Wildman–Crippen MR) is 136 cm³/mol. The number of rotatable bonds is 9. The summed E-state index contributed by atoms with van der Waals surface area (Å²) in [6.45, 7) is 1.03. The molecular weight excluding hydrogens is 438 g/mol. The average molecular weight is 466 g/mol. The third-order valence-corrected chi connectivity index (χ3v) is 5.83. The molecule has 1 aliphatic heterocycles. The molecule has 0 unspecified atom stereocenters. The van der Waals surface area contributed by atoms with Crippen LogP contribution in [0.4, 0.5) is 0 Å². The van der Waals surface area contributed by atoms with Gasteiger partial charge in [0.25, 0.3) is 0 Å². The maximum atomic E-state index is 10.9. The minimum Gasteiger partial charge on any atom is -0.507 e. The number of benzene rings is 3. The Morgan fingerprint density at radius 2 is 1.00 bits per heavy atom. The second-order valence-corrected chi connectivity index (χ2v) is 8.35. The molecule has 1 heterocycles. The minimum atomic E-state index is 0.111. The van der Waals surface area contributed by atoms with Crippen molar-refractivity contribution in [2.24, 2.45) is 7.05 Å². The summed E-state index contributed by atoms with van der Waals surface area (Å²) in [6.07, 6.45) is 1.80. The van der Waals surface area contributed by atoms with E-state index in [4.69, 9.17) is 14.2 Å². The van der Waals surface area contributed by atoms with Crippen molar-refractivity contribution in [1.29, 1.82) is 0 Å². The fourth-order valence-electron chi connectivity index (χ4n) is 4.05. The Morgan fingerprint density at radius 1 is 0.571 bits per heavy atom. The summed E-state index contributed by atoms with van der Waals surface area (Å²) < 4.78 is 20.9. The first-order valence-electron chi connectivity index (χ1n) is 11.5. The highest BCUT2D eigenvalue weighted by molar-refractivity contribution is 5.89. The molecule has 0 amide bonds. The maximum Gasteiger partial charge on any atom is 0.207 e. The van der Waals surface area contributed by atoms with E-state index in [1.54, 1.807) is 12.3 Å². The van der Waals surface area contributed by atoms with Gasteiger partial charge in [-0.1, -0.05) is 91.0 Å². The highest BCUT2D eigenvalue weighted by Gasteiger charge is 2.32. The van der Waals surface area contributed by atoms with Crippen molar-refractivity contribution in [3.8, 4) is 34.3 Å². The molecule has 0 fully saturated rings. The monoisotopic (exact) mass is 465 g/mol. The fourth-order valence-corrected chi connectivity index (χ4v) is 4.05. The van der Waals surface area contributed by atoms with Crippen LogP contribution in [-0.2, 0) is 26.9 Å². The first-order valence-corrected chi connectivity index (χ1v) is 11.5. The quantitative estimate of drug-likeness (QED) is 0.267. The first kappa shape index (κ1) is 22.4. The van der Waals surface area contributed by atoms with Gasteiger partial charge in [-0.15, -0.1) is 0 Å². The van der Waals surface area contributed by atoms with Crippen LogP contribution in [0.2, 0.25) is 0 Å². The van der Waals surface area contributed by atoms with Gasteiger partial charge in [-0.05, 0) is 22.8 Å². The van der Waals surface area contributed by atoms with Crippen molar-refractivity contribution in [1.82, 2.24) is 4.57 Å². The number of pyridine rings is 1. The fraction of sp³-hybridized carbons (Fsp3) is 0.133. The van der Waals surface area contributed by atoms with Gasteiger partial charge in [-0.25, -0.2) is 0 Å². The van der Waals surface area contributed by atoms with Crippen molar-refractivity contribution in [2.45, 2.75) is 19.8 Å². The molecule has 35 heavy (non-hydrogen) atoms. The summed E-state index contributed by atoms with van der Waals surface area (Å²) in [5, 5.41) is 10.9. The zero-order valence-corrected chi connectivity index (χ0v) is 19.6. The first-order chi connectivity index (χ1) is 17.2. The molecule has 0 saturated heterocycles. The Bertz CT molecular complexity index is 1260. The topological polar surface area (TPSA) is 52.9 Å². The van der Waals surface area contributed by atoms with E-state index in [-0.39, 0.29) is 5.75 Å². The summed E-state index contributed by atoms with van der Waals surface area (Å²) in [4.78, 5) is 0. The molecule has 0 saturated carbocycles. The number of nitrogens with zero attached hydrogens (tertiary/aromatic N) is 1. The van der Waals surface area contributed by atoms with Crippen molar-refractivity contribution in [2.75, 3.05) is 0 Å². The lowest BCUT2D eigenvalue weighted by Gasteiger charge is -2.13.